The van der Waals surface area contributed by atoms with Gasteiger partial charge in [-0.3, -0.25) is 9.59 Å². The van der Waals surface area contributed by atoms with Crippen LogP contribution in [0.5, 0.6) is 0 Å². The highest BCUT2D eigenvalue weighted by Gasteiger charge is 2.32. The number of benzene rings is 1. The van der Waals surface area contributed by atoms with Crippen LogP contribution in [0.1, 0.15) is 45.5 Å². The number of hydrogen-bond acceptors (Lipinski definition) is 5. The second kappa shape index (κ2) is 8.91. The molecule has 2 amide bonds. The predicted molar refractivity (Wildman–Crippen MR) is 110 cm³/mol. The summed E-state index contributed by atoms with van der Waals surface area (Å²) in [6.45, 7) is 9.17. The Morgan fingerprint density at radius 1 is 1.16 bits per heavy atom. The van der Waals surface area contributed by atoms with E-state index in [0.717, 1.165) is 12.1 Å². The van der Waals surface area contributed by atoms with Gasteiger partial charge in [-0.15, -0.1) is 0 Å². The fourth-order valence-electron chi connectivity index (χ4n) is 3.63. The second-order valence-electron chi connectivity index (χ2n) is 9.28. The summed E-state index contributed by atoms with van der Waals surface area (Å²) in [7, 11) is 0. The highest BCUT2D eigenvalue weighted by Crippen LogP contribution is 2.31. The molecule has 1 aromatic heterocycles. The van der Waals surface area contributed by atoms with Crippen LogP contribution in [-0.4, -0.2) is 57.4 Å². The third kappa shape index (κ3) is 5.86. The molecule has 0 aliphatic carbocycles. The van der Waals surface area contributed by atoms with E-state index in [0.29, 0.717) is 26.1 Å². The first-order valence-electron chi connectivity index (χ1n) is 10.4. The topological polar surface area (TPSA) is 79.5 Å². The normalized spacial score (nSPS) is 17.5. The number of alkyl halides is 3. The average Bonchev–Trinajstić information content (AvgIpc) is 3.14. The van der Waals surface area contributed by atoms with Crippen LogP contribution in [0.2, 0.25) is 0 Å². The maximum atomic E-state index is 12.9. The third-order valence-corrected chi connectivity index (χ3v) is 5.20. The van der Waals surface area contributed by atoms with Crippen molar-refractivity contribution in [1.29, 1.82) is 0 Å². The van der Waals surface area contributed by atoms with Crippen molar-refractivity contribution in [2.75, 3.05) is 19.6 Å². The van der Waals surface area contributed by atoms with Crippen molar-refractivity contribution in [2.24, 2.45) is 5.41 Å². The van der Waals surface area contributed by atoms with Gasteiger partial charge in [0.15, 0.2) is 5.82 Å². The number of nitrogens with zero attached hydrogens (tertiary/aromatic N) is 4. The fraction of sp³-hybridized carbons (Fsp3) is 0.545. The summed E-state index contributed by atoms with van der Waals surface area (Å²) >= 11 is 0. The van der Waals surface area contributed by atoms with Gasteiger partial charge in [-0.05, 0) is 30.5 Å². The molecule has 2 heterocycles. The Kier molecular flexibility index (Phi) is 6.61. The van der Waals surface area contributed by atoms with E-state index in [2.05, 4.69) is 10.1 Å². The molecule has 1 atom stereocenters. The van der Waals surface area contributed by atoms with Gasteiger partial charge in [0.1, 0.15) is 0 Å². The maximum Gasteiger partial charge on any atom is 0.416 e. The number of carbonyl (C=O) groups excluding carboxylic acids is 2. The highest BCUT2D eigenvalue weighted by molar-refractivity contribution is 5.80. The van der Waals surface area contributed by atoms with Crippen LogP contribution >= 0.6 is 0 Å². The SMILES string of the molecule is CC1CN(C(=O)Cc2noc(-c3cccc(C(F)(F)F)c3)n2)CCN1C(=O)CC(C)(C)C. The molecular formula is C22H27F3N4O3. The van der Waals surface area contributed by atoms with Gasteiger partial charge in [0.2, 0.25) is 11.8 Å². The number of halogens is 3. The van der Waals surface area contributed by atoms with E-state index in [4.69, 9.17) is 4.52 Å². The molecule has 10 heteroatoms. The first-order chi connectivity index (χ1) is 14.8. The van der Waals surface area contributed by atoms with E-state index in [1.54, 1.807) is 9.80 Å². The first-order valence-corrected chi connectivity index (χ1v) is 10.4. The quantitative estimate of drug-likeness (QED) is 0.705. The second-order valence-corrected chi connectivity index (χ2v) is 9.28. The van der Waals surface area contributed by atoms with Gasteiger partial charge in [0.05, 0.1) is 12.0 Å². The van der Waals surface area contributed by atoms with E-state index in [-0.39, 0.29) is 47.0 Å². The number of carbonyl (C=O) groups is 2. The minimum atomic E-state index is -4.48. The minimum Gasteiger partial charge on any atom is -0.338 e. The molecule has 0 N–H and O–H groups in total. The van der Waals surface area contributed by atoms with E-state index in [1.807, 2.05) is 27.7 Å². The van der Waals surface area contributed by atoms with Crippen molar-refractivity contribution in [1.82, 2.24) is 19.9 Å². The Labute approximate surface area is 184 Å². The first kappa shape index (κ1) is 23.7. The average molecular weight is 452 g/mol. The molecule has 1 aromatic carbocycles. The zero-order valence-corrected chi connectivity index (χ0v) is 18.6. The minimum absolute atomic E-state index is 0.0704. The molecule has 1 unspecified atom stereocenters. The summed E-state index contributed by atoms with van der Waals surface area (Å²) in [5.41, 5.74) is -0.802. The summed E-state index contributed by atoms with van der Waals surface area (Å²) < 4.78 is 43.8. The van der Waals surface area contributed by atoms with Crippen LogP contribution in [0.15, 0.2) is 28.8 Å². The lowest BCUT2D eigenvalue weighted by atomic mass is 9.91. The van der Waals surface area contributed by atoms with Crippen molar-refractivity contribution in [3.8, 4) is 11.5 Å². The van der Waals surface area contributed by atoms with Crippen molar-refractivity contribution >= 4 is 11.8 Å². The Bertz CT molecular complexity index is 981. The van der Waals surface area contributed by atoms with Crippen LogP contribution in [0.4, 0.5) is 13.2 Å². The number of aromatic nitrogens is 2. The van der Waals surface area contributed by atoms with Crippen molar-refractivity contribution < 1.29 is 27.3 Å². The zero-order chi connectivity index (χ0) is 23.7. The lowest BCUT2D eigenvalue weighted by Gasteiger charge is -2.40. The maximum absolute atomic E-state index is 12.9. The van der Waals surface area contributed by atoms with Gasteiger partial charge in [-0.25, -0.2) is 0 Å². The fourth-order valence-corrected chi connectivity index (χ4v) is 3.63. The molecule has 0 spiro atoms. The molecule has 0 radical (unpaired) electrons. The molecule has 0 bridgehead atoms. The molecule has 1 aliphatic heterocycles. The molecule has 1 aliphatic rings. The van der Waals surface area contributed by atoms with Crippen molar-refractivity contribution in [2.45, 2.75) is 52.8 Å². The van der Waals surface area contributed by atoms with Gasteiger partial charge < -0.3 is 14.3 Å². The van der Waals surface area contributed by atoms with E-state index >= 15 is 0 Å². The predicted octanol–water partition coefficient (Wildman–Crippen LogP) is 3.79. The summed E-state index contributed by atoms with van der Waals surface area (Å²) in [5.74, 6) is -0.136. The molecule has 0 saturated carbocycles. The van der Waals surface area contributed by atoms with Crippen LogP contribution in [0.25, 0.3) is 11.5 Å². The van der Waals surface area contributed by atoms with E-state index in [1.165, 1.54) is 12.1 Å². The number of hydrogen-bond donors (Lipinski definition) is 0. The van der Waals surface area contributed by atoms with Gasteiger partial charge in [-0.2, -0.15) is 18.2 Å². The molecule has 3 rings (SSSR count). The largest absolute Gasteiger partial charge is 0.416 e. The Morgan fingerprint density at radius 3 is 2.50 bits per heavy atom. The Morgan fingerprint density at radius 2 is 1.88 bits per heavy atom. The van der Waals surface area contributed by atoms with Gasteiger partial charge in [-0.1, -0.05) is 32.0 Å². The molecule has 174 valence electrons. The number of amides is 2. The summed E-state index contributed by atoms with van der Waals surface area (Å²) in [6.07, 6.45) is -4.18. The molecular weight excluding hydrogens is 425 g/mol. The Hall–Kier alpha value is -2.91. The summed E-state index contributed by atoms with van der Waals surface area (Å²) in [6, 6.07) is 4.46. The standard InChI is InChI=1S/C22H27F3N4O3/c1-14-13-28(8-9-29(14)19(31)12-21(2,3)4)18(30)11-17-26-20(32-27-17)15-6-5-7-16(10-15)22(23,24)25/h5-7,10,14H,8-9,11-13H2,1-4H3. The van der Waals surface area contributed by atoms with Crippen LogP contribution in [-0.2, 0) is 22.2 Å². The van der Waals surface area contributed by atoms with Crippen LogP contribution < -0.4 is 0 Å². The molecule has 1 fully saturated rings. The zero-order valence-electron chi connectivity index (χ0n) is 18.6. The number of piperazine rings is 1. The van der Waals surface area contributed by atoms with Crippen molar-refractivity contribution in [3.05, 3.63) is 35.7 Å². The summed E-state index contributed by atoms with van der Waals surface area (Å²) in [4.78, 5) is 32.8. The molecule has 7 nitrogen and oxygen atoms in total. The summed E-state index contributed by atoms with van der Waals surface area (Å²) in [5, 5.41) is 3.74. The highest BCUT2D eigenvalue weighted by atomic mass is 19.4. The van der Waals surface area contributed by atoms with Gasteiger partial charge in [0.25, 0.3) is 5.89 Å². The molecule has 2 aromatic rings. The number of rotatable bonds is 4. The monoisotopic (exact) mass is 452 g/mol. The Balaban J connectivity index is 1.61. The van der Waals surface area contributed by atoms with Gasteiger partial charge >= 0.3 is 6.18 Å². The molecule has 32 heavy (non-hydrogen) atoms. The van der Waals surface area contributed by atoms with Crippen LogP contribution in [0.3, 0.4) is 0 Å². The van der Waals surface area contributed by atoms with E-state index < -0.39 is 11.7 Å². The van der Waals surface area contributed by atoms with Crippen molar-refractivity contribution in [3.63, 3.8) is 0 Å². The lowest BCUT2D eigenvalue weighted by Crippen LogP contribution is -2.56. The molecule has 1 saturated heterocycles. The lowest BCUT2D eigenvalue weighted by molar-refractivity contribution is -0.143. The van der Waals surface area contributed by atoms with Gasteiger partial charge in [0, 0.05) is 37.7 Å². The smallest absolute Gasteiger partial charge is 0.338 e. The third-order valence-electron chi connectivity index (χ3n) is 5.20. The van der Waals surface area contributed by atoms with Crippen LogP contribution in [0, 0.1) is 5.41 Å². The van der Waals surface area contributed by atoms with E-state index in [9.17, 15) is 22.8 Å².